The largest absolute Gasteiger partial charge is 0.390 e. The number of alkyl halides is 3. The molecule has 1 unspecified atom stereocenters. The van der Waals surface area contributed by atoms with Crippen molar-refractivity contribution in [1.82, 2.24) is 4.57 Å². The predicted molar refractivity (Wildman–Crippen MR) is 55.0 cm³/mol. The van der Waals surface area contributed by atoms with Gasteiger partial charge < -0.3 is 9.67 Å². The first-order valence-electron chi connectivity index (χ1n) is 5.33. The summed E-state index contributed by atoms with van der Waals surface area (Å²) in [6.45, 7) is 1.85. The van der Waals surface area contributed by atoms with E-state index >= 15 is 0 Å². The number of halogens is 3. The standard InChI is InChI=1S/C11H16F3NO/c1-2-3-10(16)9-4-6-15(8-9)7-5-11(12,13)14/h4,6,8,10,16H,2-3,5,7H2,1H3. The van der Waals surface area contributed by atoms with Crippen LogP contribution in [0.5, 0.6) is 0 Å². The molecular formula is C11H16F3NO. The maximum atomic E-state index is 12.0. The van der Waals surface area contributed by atoms with Crippen molar-refractivity contribution in [2.24, 2.45) is 0 Å². The minimum atomic E-state index is -4.13. The summed E-state index contributed by atoms with van der Waals surface area (Å²) < 4.78 is 37.4. The number of aryl methyl sites for hydroxylation is 1. The smallest absolute Gasteiger partial charge is 0.388 e. The third-order valence-electron chi connectivity index (χ3n) is 2.37. The van der Waals surface area contributed by atoms with Gasteiger partial charge in [0.15, 0.2) is 0 Å². The van der Waals surface area contributed by atoms with Gasteiger partial charge in [-0.1, -0.05) is 13.3 Å². The van der Waals surface area contributed by atoms with E-state index in [1.54, 1.807) is 18.5 Å². The number of hydrogen-bond donors (Lipinski definition) is 1. The molecule has 0 saturated carbocycles. The van der Waals surface area contributed by atoms with Gasteiger partial charge in [0, 0.05) is 18.9 Å². The Morgan fingerprint density at radius 3 is 2.69 bits per heavy atom. The van der Waals surface area contributed by atoms with Gasteiger partial charge in [0.25, 0.3) is 0 Å². The molecule has 1 atom stereocenters. The van der Waals surface area contributed by atoms with E-state index in [2.05, 4.69) is 0 Å². The Hall–Kier alpha value is -0.970. The van der Waals surface area contributed by atoms with Crippen molar-refractivity contribution in [3.8, 4) is 0 Å². The van der Waals surface area contributed by atoms with Crippen molar-refractivity contribution in [1.29, 1.82) is 0 Å². The van der Waals surface area contributed by atoms with E-state index in [1.165, 1.54) is 4.57 Å². The van der Waals surface area contributed by atoms with Crippen LogP contribution in [-0.2, 0) is 6.54 Å². The highest BCUT2D eigenvalue weighted by Crippen LogP contribution is 2.22. The van der Waals surface area contributed by atoms with Gasteiger partial charge in [-0.3, -0.25) is 0 Å². The quantitative estimate of drug-likeness (QED) is 0.832. The highest BCUT2D eigenvalue weighted by Gasteiger charge is 2.26. The van der Waals surface area contributed by atoms with Crippen molar-refractivity contribution >= 4 is 0 Å². The van der Waals surface area contributed by atoms with Crippen LogP contribution in [0.4, 0.5) is 13.2 Å². The molecule has 0 bridgehead atoms. The Morgan fingerprint density at radius 2 is 2.12 bits per heavy atom. The molecule has 1 aromatic rings. The second-order valence-corrected chi connectivity index (χ2v) is 3.85. The second kappa shape index (κ2) is 5.39. The molecular weight excluding hydrogens is 219 g/mol. The summed E-state index contributed by atoms with van der Waals surface area (Å²) in [4.78, 5) is 0. The molecule has 0 amide bonds. The Labute approximate surface area is 92.7 Å². The zero-order valence-electron chi connectivity index (χ0n) is 9.17. The maximum absolute atomic E-state index is 12.0. The van der Waals surface area contributed by atoms with Crippen LogP contribution in [0, 0.1) is 0 Å². The van der Waals surface area contributed by atoms with Crippen LogP contribution in [0.2, 0.25) is 0 Å². The molecule has 0 spiro atoms. The van der Waals surface area contributed by atoms with Gasteiger partial charge in [-0.05, 0) is 18.1 Å². The Balaban J connectivity index is 2.51. The lowest BCUT2D eigenvalue weighted by Gasteiger charge is -2.08. The summed E-state index contributed by atoms with van der Waals surface area (Å²) in [6.07, 6.45) is -0.932. The third kappa shape index (κ3) is 4.26. The minimum Gasteiger partial charge on any atom is -0.388 e. The van der Waals surface area contributed by atoms with E-state index in [-0.39, 0.29) is 6.54 Å². The fourth-order valence-corrected chi connectivity index (χ4v) is 1.49. The van der Waals surface area contributed by atoms with E-state index in [0.29, 0.717) is 12.0 Å². The molecule has 0 radical (unpaired) electrons. The van der Waals surface area contributed by atoms with Crippen molar-refractivity contribution in [2.45, 2.75) is 45.0 Å². The van der Waals surface area contributed by atoms with Gasteiger partial charge in [0.05, 0.1) is 12.5 Å². The first-order chi connectivity index (χ1) is 7.42. The topological polar surface area (TPSA) is 25.2 Å². The molecule has 0 saturated heterocycles. The number of aliphatic hydroxyl groups excluding tert-OH is 1. The predicted octanol–water partition coefficient (Wildman–Crippen LogP) is 3.27. The molecule has 1 heterocycles. The Kier molecular flexibility index (Phi) is 4.41. The average molecular weight is 235 g/mol. The molecule has 5 heteroatoms. The normalized spacial score (nSPS) is 14.1. The maximum Gasteiger partial charge on any atom is 0.390 e. The molecule has 0 aliphatic carbocycles. The summed E-state index contributed by atoms with van der Waals surface area (Å²) in [5, 5.41) is 9.63. The van der Waals surface area contributed by atoms with Gasteiger partial charge in [-0.15, -0.1) is 0 Å². The monoisotopic (exact) mass is 235 g/mol. The highest BCUT2D eigenvalue weighted by atomic mass is 19.4. The molecule has 1 N–H and O–H groups in total. The van der Waals surface area contributed by atoms with Gasteiger partial charge in [0.1, 0.15) is 0 Å². The average Bonchev–Trinajstić information content (AvgIpc) is 2.62. The summed E-state index contributed by atoms with van der Waals surface area (Å²) >= 11 is 0. The van der Waals surface area contributed by atoms with E-state index in [9.17, 15) is 18.3 Å². The van der Waals surface area contributed by atoms with Crippen LogP contribution in [-0.4, -0.2) is 15.8 Å². The Bertz CT molecular complexity index is 319. The van der Waals surface area contributed by atoms with Gasteiger partial charge in [0.2, 0.25) is 0 Å². The lowest BCUT2D eigenvalue weighted by atomic mass is 10.1. The first-order valence-corrected chi connectivity index (χ1v) is 5.33. The molecule has 0 aromatic carbocycles. The van der Waals surface area contributed by atoms with E-state index < -0.39 is 18.7 Å². The fraction of sp³-hybridized carbons (Fsp3) is 0.636. The van der Waals surface area contributed by atoms with Crippen molar-refractivity contribution in [3.05, 3.63) is 24.0 Å². The number of nitrogens with zero attached hydrogens (tertiary/aromatic N) is 1. The Morgan fingerprint density at radius 1 is 1.44 bits per heavy atom. The summed E-state index contributed by atoms with van der Waals surface area (Å²) in [5.41, 5.74) is 0.684. The molecule has 2 nitrogen and oxygen atoms in total. The molecule has 16 heavy (non-hydrogen) atoms. The molecule has 92 valence electrons. The van der Waals surface area contributed by atoms with Crippen molar-refractivity contribution < 1.29 is 18.3 Å². The first kappa shape index (κ1) is 13.1. The van der Waals surface area contributed by atoms with E-state index in [1.807, 2.05) is 6.92 Å². The molecule has 0 aliphatic rings. The van der Waals surface area contributed by atoms with Gasteiger partial charge >= 0.3 is 6.18 Å². The highest BCUT2D eigenvalue weighted by molar-refractivity contribution is 5.13. The summed E-state index contributed by atoms with van der Waals surface area (Å²) in [6, 6.07) is 1.66. The van der Waals surface area contributed by atoms with Crippen LogP contribution >= 0.6 is 0 Å². The molecule has 1 rings (SSSR count). The number of aromatic nitrogens is 1. The molecule has 0 aliphatic heterocycles. The number of aliphatic hydroxyl groups is 1. The van der Waals surface area contributed by atoms with Gasteiger partial charge in [-0.25, -0.2) is 0 Å². The molecule has 0 fully saturated rings. The lowest BCUT2D eigenvalue weighted by Crippen LogP contribution is -2.11. The van der Waals surface area contributed by atoms with Gasteiger partial charge in [-0.2, -0.15) is 13.2 Å². The van der Waals surface area contributed by atoms with Crippen molar-refractivity contribution in [2.75, 3.05) is 0 Å². The SMILES string of the molecule is CCCC(O)c1ccn(CCC(F)(F)F)c1. The van der Waals surface area contributed by atoms with Crippen LogP contribution in [0.3, 0.4) is 0 Å². The third-order valence-corrected chi connectivity index (χ3v) is 2.37. The zero-order valence-corrected chi connectivity index (χ0v) is 9.17. The summed E-state index contributed by atoms with van der Waals surface area (Å²) in [7, 11) is 0. The summed E-state index contributed by atoms with van der Waals surface area (Å²) in [5.74, 6) is 0. The minimum absolute atomic E-state index is 0.0949. The van der Waals surface area contributed by atoms with Crippen LogP contribution in [0.15, 0.2) is 18.5 Å². The van der Waals surface area contributed by atoms with Crippen LogP contribution in [0.1, 0.15) is 37.9 Å². The number of hydrogen-bond acceptors (Lipinski definition) is 1. The van der Waals surface area contributed by atoms with Crippen LogP contribution < -0.4 is 0 Å². The van der Waals surface area contributed by atoms with E-state index in [0.717, 1.165) is 6.42 Å². The van der Waals surface area contributed by atoms with E-state index in [4.69, 9.17) is 0 Å². The fourth-order valence-electron chi connectivity index (χ4n) is 1.49. The lowest BCUT2D eigenvalue weighted by molar-refractivity contribution is -0.136. The molecule has 1 aromatic heterocycles. The van der Waals surface area contributed by atoms with Crippen molar-refractivity contribution in [3.63, 3.8) is 0 Å². The van der Waals surface area contributed by atoms with Crippen LogP contribution in [0.25, 0.3) is 0 Å². The zero-order chi connectivity index (χ0) is 12.2. The second-order valence-electron chi connectivity index (χ2n) is 3.85. The number of rotatable bonds is 5.